The highest BCUT2D eigenvalue weighted by Gasteiger charge is 2.10. The number of hydrogen-bond donors (Lipinski definition) is 1. The molecule has 1 aromatic carbocycles. The van der Waals surface area contributed by atoms with E-state index in [9.17, 15) is 4.39 Å². The van der Waals surface area contributed by atoms with Crippen molar-refractivity contribution in [3.63, 3.8) is 0 Å². The zero-order chi connectivity index (χ0) is 9.97. The van der Waals surface area contributed by atoms with Crippen LogP contribution >= 0.6 is 11.5 Å². The topological polar surface area (TPSA) is 51.8 Å². The molecule has 0 aliphatic heterocycles. The van der Waals surface area contributed by atoms with Crippen molar-refractivity contribution < 1.29 is 4.39 Å². The molecule has 1 heterocycles. The first kappa shape index (κ1) is 9.23. The average molecular weight is 209 g/mol. The van der Waals surface area contributed by atoms with E-state index in [0.29, 0.717) is 0 Å². The minimum Gasteiger partial charge on any atom is -0.320 e. The second-order valence-electron chi connectivity index (χ2n) is 2.85. The Morgan fingerprint density at radius 2 is 2.00 bits per heavy atom. The molecule has 2 aromatic rings. The summed E-state index contributed by atoms with van der Waals surface area (Å²) in [5.41, 5.74) is 6.78. The fourth-order valence-corrected chi connectivity index (χ4v) is 1.68. The van der Waals surface area contributed by atoms with Crippen molar-refractivity contribution in [2.45, 2.75) is 6.04 Å². The number of nitrogens with zero attached hydrogens (tertiary/aromatic N) is 2. The Hall–Kier alpha value is -1.33. The molecule has 0 saturated heterocycles. The van der Waals surface area contributed by atoms with Crippen molar-refractivity contribution in [1.82, 2.24) is 9.59 Å². The van der Waals surface area contributed by atoms with Crippen molar-refractivity contribution in [1.29, 1.82) is 0 Å². The summed E-state index contributed by atoms with van der Waals surface area (Å²) in [6, 6.07) is 5.85. The van der Waals surface area contributed by atoms with Crippen LogP contribution in [0.15, 0.2) is 30.5 Å². The van der Waals surface area contributed by atoms with Crippen LogP contribution < -0.4 is 5.73 Å². The van der Waals surface area contributed by atoms with Crippen molar-refractivity contribution in [3.05, 3.63) is 46.7 Å². The van der Waals surface area contributed by atoms with Crippen LogP contribution in [0.1, 0.15) is 16.5 Å². The third kappa shape index (κ3) is 1.78. The van der Waals surface area contributed by atoms with Gasteiger partial charge in [-0.2, -0.15) is 0 Å². The van der Waals surface area contributed by atoms with Gasteiger partial charge in [0.2, 0.25) is 0 Å². The highest BCUT2D eigenvalue weighted by Crippen LogP contribution is 2.21. The molecule has 0 aliphatic carbocycles. The van der Waals surface area contributed by atoms with Crippen molar-refractivity contribution in [3.8, 4) is 0 Å². The molecule has 0 aliphatic rings. The Bertz CT molecular complexity index is 399. The zero-order valence-electron chi connectivity index (χ0n) is 7.22. The Balaban J connectivity index is 2.28. The van der Waals surface area contributed by atoms with E-state index in [0.717, 1.165) is 10.4 Å². The summed E-state index contributed by atoms with van der Waals surface area (Å²) in [6.45, 7) is 0. The van der Waals surface area contributed by atoms with Crippen molar-refractivity contribution in [2.75, 3.05) is 0 Å². The number of benzene rings is 1. The predicted octanol–water partition coefficient (Wildman–Crippen LogP) is 1.73. The second-order valence-corrected chi connectivity index (χ2v) is 3.67. The van der Waals surface area contributed by atoms with Gasteiger partial charge in [-0.3, -0.25) is 0 Å². The summed E-state index contributed by atoms with van der Waals surface area (Å²) in [4.78, 5) is 0.872. The van der Waals surface area contributed by atoms with Crippen molar-refractivity contribution in [2.24, 2.45) is 5.73 Å². The van der Waals surface area contributed by atoms with Crippen LogP contribution in [-0.2, 0) is 0 Å². The van der Waals surface area contributed by atoms with Crippen LogP contribution in [0.3, 0.4) is 0 Å². The lowest BCUT2D eigenvalue weighted by molar-refractivity contribution is 0.626. The molecule has 72 valence electrons. The molecule has 1 atom stereocenters. The molecule has 2 N–H and O–H groups in total. The molecule has 1 unspecified atom stereocenters. The van der Waals surface area contributed by atoms with Gasteiger partial charge in [-0.15, -0.1) is 5.10 Å². The smallest absolute Gasteiger partial charge is 0.123 e. The average Bonchev–Trinajstić information content (AvgIpc) is 2.71. The summed E-state index contributed by atoms with van der Waals surface area (Å²) in [5, 5.41) is 3.70. The molecule has 14 heavy (non-hydrogen) atoms. The van der Waals surface area contributed by atoms with Gasteiger partial charge in [-0.05, 0) is 29.2 Å². The van der Waals surface area contributed by atoms with E-state index in [1.165, 1.54) is 23.7 Å². The van der Waals surface area contributed by atoms with Crippen molar-refractivity contribution >= 4 is 11.5 Å². The maximum absolute atomic E-state index is 12.6. The van der Waals surface area contributed by atoms with Gasteiger partial charge in [0.25, 0.3) is 0 Å². The summed E-state index contributed by atoms with van der Waals surface area (Å²) >= 11 is 1.25. The lowest BCUT2D eigenvalue weighted by atomic mass is 10.1. The fourth-order valence-electron chi connectivity index (χ4n) is 1.15. The lowest BCUT2D eigenvalue weighted by Crippen LogP contribution is -2.09. The largest absolute Gasteiger partial charge is 0.320 e. The Kier molecular flexibility index (Phi) is 2.51. The number of aromatic nitrogens is 2. The van der Waals surface area contributed by atoms with Crippen LogP contribution in [0.4, 0.5) is 4.39 Å². The molecule has 3 nitrogen and oxygen atoms in total. The van der Waals surface area contributed by atoms with Gasteiger partial charge in [0, 0.05) is 0 Å². The highest BCUT2D eigenvalue weighted by molar-refractivity contribution is 7.05. The van der Waals surface area contributed by atoms with Crippen LogP contribution in [0.5, 0.6) is 0 Å². The monoisotopic (exact) mass is 209 g/mol. The molecule has 0 spiro atoms. The van der Waals surface area contributed by atoms with E-state index >= 15 is 0 Å². The fraction of sp³-hybridized carbons (Fsp3) is 0.111. The molecular formula is C9H8FN3S. The Labute approximate surface area is 84.5 Å². The number of rotatable bonds is 2. The van der Waals surface area contributed by atoms with E-state index in [4.69, 9.17) is 5.73 Å². The SMILES string of the molecule is NC(c1ccc(F)cc1)c1cnns1. The number of hydrogen-bond acceptors (Lipinski definition) is 4. The van der Waals surface area contributed by atoms with Gasteiger partial charge in [0.1, 0.15) is 5.82 Å². The number of halogens is 1. The first-order valence-corrected chi connectivity index (χ1v) is 4.83. The molecule has 0 saturated carbocycles. The molecular weight excluding hydrogens is 201 g/mol. The third-order valence-corrected chi connectivity index (χ3v) is 2.66. The Morgan fingerprint density at radius 1 is 1.29 bits per heavy atom. The molecule has 2 rings (SSSR count). The summed E-state index contributed by atoms with van der Waals surface area (Å²) in [5.74, 6) is -0.261. The molecule has 0 amide bonds. The van der Waals surface area contributed by atoms with Crippen LogP contribution in [0.25, 0.3) is 0 Å². The van der Waals surface area contributed by atoms with E-state index in [-0.39, 0.29) is 11.9 Å². The summed E-state index contributed by atoms with van der Waals surface area (Å²) < 4.78 is 16.4. The molecule has 0 radical (unpaired) electrons. The normalized spacial score (nSPS) is 12.7. The summed E-state index contributed by atoms with van der Waals surface area (Å²) in [6.07, 6.45) is 1.62. The van der Waals surface area contributed by atoms with Crippen LogP contribution in [0, 0.1) is 5.82 Å². The zero-order valence-corrected chi connectivity index (χ0v) is 8.04. The van der Waals surface area contributed by atoms with E-state index in [2.05, 4.69) is 9.59 Å². The quantitative estimate of drug-likeness (QED) is 0.819. The van der Waals surface area contributed by atoms with Gasteiger partial charge in [0.15, 0.2) is 0 Å². The van der Waals surface area contributed by atoms with Crippen LogP contribution in [0.2, 0.25) is 0 Å². The minimum absolute atomic E-state index is 0.261. The Morgan fingerprint density at radius 3 is 2.57 bits per heavy atom. The molecule has 0 bridgehead atoms. The molecule has 0 fully saturated rings. The van der Waals surface area contributed by atoms with E-state index in [1.54, 1.807) is 18.3 Å². The molecule has 1 aromatic heterocycles. The van der Waals surface area contributed by atoms with Gasteiger partial charge >= 0.3 is 0 Å². The second kappa shape index (κ2) is 3.81. The van der Waals surface area contributed by atoms with E-state index in [1.807, 2.05) is 0 Å². The van der Waals surface area contributed by atoms with Gasteiger partial charge in [0.05, 0.1) is 17.1 Å². The van der Waals surface area contributed by atoms with Gasteiger partial charge in [-0.25, -0.2) is 4.39 Å². The third-order valence-electron chi connectivity index (χ3n) is 1.91. The maximum atomic E-state index is 12.6. The standard InChI is InChI=1S/C9H8FN3S/c10-7-3-1-6(2-4-7)9(11)8-5-12-13-14-8/h1-5,9H,11H2. The van der Waals surface area contributed by atoms with E-state index < -0.39 is 0 Å². The number of nitrogens with two attached hydrogens (primary N) is 1. The first-order valence-electron chi connectivity index (χ1n) is 4.05. The summed E-state index contributed by atoms with van der Waals surface area (Å²) in [7, 11) is 0. The highest BCUT2D eigenvalue weighted by atomic mass is 32.1. The van der Waals surface area contributed by atoms with Gasteiger partial charge in [-0.1, -0.05) is 16.6 Å². The lowest BCUT2D eigenvalue weighted by Gasteiger charge is -2.07. The first-order chi connectivity index (χ1) is 6.77. The van der Waals surface area contributed by atoms with Crippen LogP contribution in [-0.4, -0.2) is 9.59 Å². The molecule has 5 heteroatoms. The minimum atomic E-state index is -0.268. The maximum Gasteiger partial charge on any atom is 0.123 e. The predicted molar refractivity (Wildman–Crippen MR) is 52.3 cm³/mol. The van der Waals surface area contributed by atoms with Gasteiger partial charge < -0.3 is 5.73 Å².